The molecule has 1 aliphatic rings. The highest BCUT2D eigenvalue weighted by Gasteiger charge is 2.38. The molecule has 0 spiro atoms. The van der Waals surface area contributed by atoms with Crippen LogP contribution in [0.1, 0.15) is 43.8 Å². The highest BCUT2D eigenvalue weighted by atomic mass is 16.3. The Morgan fingerprint density at radius 1 is 1.24 bits per heavy atom. The highest BCUT2D eigenvalue weighted by Crippen LogP contribution is 2.45. The van der Waals surface area contributed by atoms with Crippen molar-refractivity contribution in [2.75, 3.05) is 6.54 Å². The molecule has 3 nitrogen and oxygen atoms in total. The zero-order valence-electron chi connectivity index (χ0n) is 10.1. The molecule has 0 saturated heterocycles. The molecule has 3 heteroatoms. The molecule has 1 aromatic rings. The summed E-state index contributed by atoms with van der Waals surface area (Å²) >= 11 is 0. The lowest BCUT2D eigenvalue weighted by atomic mass is 9.68. The minimum atomic E-state index is -0.570. The Kier molecular flexibility index (Phi) is 3.69. The van der Waals surface area contributed by atoms with Crippen LogP contribution in [-0.2, 0) is 0 Å². The maximum atomic E-state index is 10.5. The topological polar surface area (TPSA) is 66.5 Å². The molecular weight excluding hydrogens is 214 g/mol. The van der Waals surface area contributed by atoms with E-state index in [1.54, 1.807) is 18.2 Å². The van der Waals surface area contributed by atoms with Crippen molar-refractivity contribution in [3.05, 3.63) is 29.8 Å². The Labute approximate surface area is 102 Å². The Bertz CT molecular complexity index is 372. The van der Waals surface area contributed by atoms with E-state index in [9.17, 15) is 10.2 Å². The van der Waals surface area contributed by atoms with E-state index < -0.39 is 6.10 Å². The lowest BCUT2D eigenvalue weighted by molar-refractivity contribution is 0.000585. The van der Waals surface area contributed by atoms with Crippen molar-refractivity contribution in [3.8, 4) is 5.75 Å². The Hall–Kier alpha value is -1.06. The first-order chi connectivity index (χ1) is 8.18. The van der Waals surface area contributed by atoms with Crippen LogP contribution in [0.5, 0.6) is 5.75 Å². The summed E-state index contributed by atoms with van der Waals surface area (Å²) < 4.78 is 0. The van der Waals surface area contributed by atoms with Gasteiger partial charge >= 0.3 is 0 Å². The van der Waals surface area contributed by atoms with Crippen molar-refractivity contribution in [1.82, 2.24) is 0 Å². The molecule has 17 heavy (non-hydrogen) atoms. The van der Waals surface area contributed by atoms with Gasteiger partial charge in [-0.05, 0) is 30.5 Å². The number of phenolic OH excluding ortho intramolecular Hbond substituents is 1. The van der Waals surface area contributed by atoms with Gasteiger partial charge in [-0.2, -0.15) is 0 Å². The smallest absolute Gasteiger partial charge is 0.115 e. The van der Waals surface area contributed by atoms with E-state index in [-0.39, 0.29) is 11.2 Å². The zero-order valence-corrected chi connectivity index (χ0v) is 10.1. The van der Waals surface area contributed by atoms with E-state index in [0.29, 0.717) is 6.54 Å². The monoisotopic (exact) mass is 235 g/mol. The van der Waals surface area contributed by atoms with Gasteiger partial charge in [0, 0.05) is 12.0 Å². The fourth-order valence-electron chi connectivity index (χ4n) is 2.89. The van der Waals surface area contributed by atoms with Crippen LogP contribution in [0.4, 0.5) is 0 Å². The van der Waals surface area contributed by atoms with Gasteiger partial charge < -0.3 is 15.9 Å². The molecule has 94 valence electrons. The third-order valence-corrected chi connectivity index (χ3v) is 4.02. The molecule has 4 N–H and O–H groups in total. The molecule has 0 heterocycles. The van der Waals surface area contributed by atoms with Gasteiger partial charge in [-0.15, -0.1) is 0 Å². The van der Waals surface area contributed by atoms with Crippen molar-refractivity contribution in [3.63, 3.8) is 0 Å². The van der Waals surface area contributed by atoms with Gasteiger partial charge in [0.2, 0.25) is 0 Å². The molecule has 1 aromatic carbocycles. The second-order valence-corrected chi connectivity index (χ2v) is 5.12. The van der Waals surface area contributed by atoms with Gasteiger partial charge in [0.15, 0.2) is 0 Å². The zero-order chi connectivity index (χ0) is 12.3. The Balaban J connectivity index is 2.24. The summed E-state index contributed by atoms with van der Waals surface area (Å²) in [6, 6.07) is 6.88. The molecule has 1 aliphatic carbocycles. The molecular formula is C14H21NO2. The molecule has 2 rings (SSSR count). The van der Waals surface area contributed by atoms with Crippen LogP contribution in [0.2, 0.25) is 0 Å². The predicted molar refractivity (Wildman–Crippen MR) is 67.6 cm³/mol. The fraction of sp³-hybridized carbons (Fsp3) is 0.571. The standard InChI is InChI=1S/C14H21NO2/c15-10-14(7-2-1-3-8-14)13(17)11-5-4-6-12(16)9-11/h4-6,9,13,16-17H,1-3,7-8,10,15H2. The number of nitrogens with two attached hydrogens (primary N) is 1. The summed E-state index contributed by atoms with van der Waals surface area (Å²) in [7, 11) is 0. The minimum absolute atomic E-state index is 0.199. The van der Waals surface area contributed by atoms with Gasteiger partial charge in [-0.1, -0.05) is 31.4 Å². The quantitative estimate of drug-likeness (QED) is 0.753. The van der Waals surface area contributed by atoms with E-state index in [2.05, 4.69) is 0 Å². The van der Waals surface area contributed by atoms with Crippen LogP contribution in [0, 0.1) is 5.41 Å². The maximum Gasteiger partial charge on any atom is 0.115 e. The van der Waals surface area contributed by atoms with Gasteiger partial charge in [0.25, 0.3) is 0 Å². The summed E-state index contributed by atoms with van der Waals surface area (Å²) in [5, 5.41) is 20.0. The third-order valence-electron chi connectivity index (χ3n) is 4.02. The molecule has 0 radical (unpaired) electrons. The van der Waals surface area contributed by atoms with Crippen molar-refractivity contribution in [2.45, 2.75) is 38.2 Å². The number of phenols is 1. The first-order valence-electron chi connectivity index (χ1n) is 6.35. The van der Waals surface area contributed by atoms with Crippen molar-refractivity contribution >= 4 is 0 Å². The molecule has 1 atom stereocenters. The van der Waals surface area contributed by atoms with E-state index >= 15 is 0 Å². The summed E-state index contributed by atoms with van der Waals surface area (Å²) in [5.41, 5.74) is 6.47. The normalized spacial score (nSPS) is 21.1. The maximum absolute atomic E-state index is 10.5. The Morgan fingerprint density at radius 3 is 2.53 bits per heavy atom. The van der Waals surface area contributed by atoms with E-state index in [4.69, 9.17) is 5.73 Å². The SMILES string of the molecule is NCC1(C(O)c2cccc(O)c2)CCCCC1. The number of hydrogen-bond acceptors (Lipinski definition) is 3. The average molecular weight is 235 g/mol. The number of benzene rings is 1. The number of aromatic hydroxyl groups is 1. The number of aliphatic hydroxyl groups is 1. The van der Waals surface area contributed by atoms with Crippen LogP contribution in [0.15, 0.2) is 24.3 Å². The highest BCUT2D eigenvalue weighted by molar-refractivity contribution is 5.29. The van der Waals surface area contributed by atoms with Crippen LogP contribution >= 0.6 is 0 Å². The molecule has 0 aromatic heterocycles. The molecule has 0 bridgehead atoms. The largest absolute Gasteiger partial charge is 0.508 e. The summed E-state index contributed by atoms with van der Waals surface area (Å²) in [4.78, 5) is 0. The minimum Gasteiger partial charge on any atom is -0.508 e. The lowest BCUT2D eigenvalue weighted by Crippen LogP contribution is -2.38. The third kappa shape index (κ3) is 2.45. The fourth-order valence-corrected chi connectivity index (χ4v) is 2.89. The molecule has 1 unspecified atom stereocenters. The van der Waals surface area contributed by atoms with E-state index in [0.717, 1.165) is 31.2 Å². The number of aliphatic hydroxyl groups excluding tert-OH is 1. The van der Waals surface area contributed by atoms with Gasteiger partial charge in [0.1, 0.15) is 5.75 Å². The molecule has 0 aliphatic heterocycles. The molecule has 0 amide bonds. The van der Waals surface area contributed by atoms with Gasteiger partial charge in [-0.25, -0.2) is 0 Å². The van der Waals surface area contributed by atoms with Crippen molar-refractivity contribution in [1.29, 1.82) is 0 Å². The molecule has 1 saturated carbocycles. The summed E-state index contributed by atoms with van der Waals surface area (Å²) in [5.74, 6) is 0.199. The molecule has 1 fully saturated rings. The summed E-state index contributed by atoms with van der Waals surface area (Å²) in [6.07, 6.45) is 4.87. The second kappa shape index (κ2) is 5.07. The van der Waals surface area contributed by atoms with E-state index in [1.165, 1.54) is 6.42 Å². The van der Waals surface area contributed by atoms with Gasteiger partial charge in [0.05, 0.1) is 6.10 Å². The van der Waals surface area contributed by atoms with Crippen LogP contribution < -0.4 is 5.73 Å². The number of hydrogen-bond donors (Lipinski definition) is 3. The summed E-state index contributed by atoms with van der Waals surface area (Å²) in [6.45, 7) is 0.504. The van der Waals surface area contributed by atoms with Crippen molar-refractivity contribution in [2.24, 2.45) is 11.1 Å². The average Bonchev–Trinajstić information content (AvgIpc) is 2.38. The first-order valence-corrected chi connectivity index (χ1v) is 6.35. The second-order valence-electron chi connectivity index (χ2n) is 5.12. The van der Waals surface area contributed by atoms with Crippen LogP contribution in [-0.4, -0.2) is 16.8 Å². The van der Waals surface area contributed by atoms with Crippen LogP contribution in [0.25, 0.3) is 0 Å². The Morgan fingerprint density at radius 2 is 1.94 bits per heavy atom. The lowest BCUT2D eigenvalue weighted by Gasteiger charge is -2.40. The van der Waals surface area contributed by atoms with Gasteiger partial charge in [-0.3, -0.25) is 0 Å². The number of rotatable bonds is 3. The van der Waals surface area contributed by atoms with E-state index in [1.807, 2.05) is 6.07 Å². The van der Waals surface area contributed by atoms with Crippen molar-refractivity contribution < 1.29 is 10.2 Å². The first kappa shape index (κ1) is 12.4. The predicted octanol–water partition coefficient (Wildman–Crippen LogP) is 2.33. The van der Waals surface area contributed by atoms with Crippen LogP contribution in [0.3, 0.4) is 0 Å².